The van der Waals surface area contributed by atoms with Crippen LogP contribution in [0, 0.1) is 6.92 Å². The molecule has 0 aliphatic rings. The molecule has 0 fully saturated rings. The molecule has 4 rings (SSSR count). The second-order valence-corrected chi connectivity index (χ2v) is 9.07. The topological polar surface area (TPSA) is 74.9 Å². The van der Waals surface area contributed by atoms with Gasteiger partial charge in [0.2, 0.25) is 0 Å². The number of rotatable bonds is 6. The molecule has 0 aliphatic heterocycles. The summed E-state index contributed by atoms with van der Waals surface area (Å²) in [5.74, 6) is 0.358. The van der Waals surface area contributed by atoms with Crippen molar-refractivity contribution in [2.24, 2.45) is 5.10 Å². The zero-order valence-electron chi connectivity index (χ0n) is 17.5. The van der Waals surface area contributed by atoms with Crippen molar-refractivity contribution < 1.29 is 12.8 Å². The number of para-hydroxylation sites is 1. The smallest absolute Gasteiger partial charge is 0.262 e. The SMILES string of the molecule is Cc1ccc(S(=O)(=O)Nc2c(/C(=N\N(C)C)c3ccccc3)oc3ccccc23)cc1. The van der Waals surface area contributed by atoms with Crippen molar-refractivity contribution >= 4 is 32.4 Å². The van der Waals surface area contributed by atoms with Crippen LogP contribution in [0.15, 0.2) is 93.3 Å². The molecule has 158 valence electrons. The average molecular weight is 434 g/mol. The Hall–Kier alpha value is -3.58. The molecule has 0 spiro atoms. The van der Waals surface area contributed by atoms with E-state index in [1.54, 1.807) is 35.3 Å². The number of nitrogens with one attached hydrogen (secondary N) is 1. The van der Waals surface area contributed by atoms with Crippen LogP contribution in [0.4, 0.5) is 5.69 Å². The minimum absolute atomic E-state index is 0.181. The highest BCUT2D eigenvalue weighted by Gasteiger charge is 2.25. The third-order valence-corrected chi connectivity index (χ3v) is 6.09. The summed E-state index contributed by atoms with van der Waals surface area (Å²) in [5.41, 5.74) is 3.26. The Morgan fingerprint density at radius 1 is 0.903 bits per heavy atom. The van der Waals surface area contributed by atoms with Gasteiger partial charge in [-0.3, -0.25) is 4.72 Å². The summed E-state index contributed by atoms with van der Waals surface area (Å²) < 4.78 is 35.3. The predicted molar refractivity (Wildman–Crippen MR) is 124 cm³/mol. The number of sulfonamides is 1. The van der Waals surface area contributed by atoms with Gasteiger partial charge in [-0.25, -0.2) is 8.42 Å². The minimum Gasteiger partial charge on any atom is -0.452 e. The van der Waals surface area contributed by atoms with Gasteiger partial charge in [0.15, 0.2) is 5.76 Å². The second-order valence-electron chi connectivity index (χ2n) is 7.38. The van der Waals surface area contributed by atoms with Gasteiger partial charge >= 0.3 is 0 Å². The van der Waals surface area contributed by atoms with E-state index in [1.807, 2.05) is 69.6 Å². The minimum atomic E-state index is -3.84. The molecule has 1 heterocycles. The number of furan rings is 1. The number of aryl methyl sites for hydroxylation is 1. The van der Waals surface area contributed by atoms with Crippen molar-refractivity contribution in [2.45, 2.75) is 11.8 Å². The first kappa shape index (κ1) is 20.7. The summed E-state index contributed by atoms with van der Waals surface area (Å²) in [6, 6.07) is 23.6. The van der Waals surface area contributed by atoms with E-state index >= 15 is 0 Å². The quantitative estimate of drug-likeness (QED) is 0.348. The molecular formula is C24H23N3O3S. The van der Waals surface area contributed by atoms with Gasteiger partial charge in [0.25, 0.3) is 10.0 Å². The molecule has 4 aromatic rings. The first-order valence-corrected chi connectivity index (χ1v) is 11.3. The van der Waals surface area contributed by atoms with E-state index < -0.39 is 10.0 Å². The van der Waals surface area contributed by atoms with Gasteiger partial charge in [-0.2, -0.15) is 5.10 Å². The van der Waals surface area contributed by atoms with E-state index in [1.165, 1.54) is 0 Å². The molecule has 0 aliphatic carbocycles. The van der Waals surface area contributed by atoms with Crippen molar-refractivity contribution in [1.29, 1.82) is 0 Å². The highest BCUT2D eigenvalue weighted by molar-refractivity contribution is 7.92. The maximum Gasteiger partial charge on any atom is 0.262 e. The van der Waals surface area contributed by atoms with E-state index in [0.29, 0.717) is 28.1 Å². The molecule has 0 bridgehead atoms. The molecule has 0 saturated carbocycles. The summed E-state index contributed by atoms with van der Waals surface area (Å²) in [7, 11) is -0.222. The van der Waals surface area contributed by atoms with Crippen LogP contribution in [0.2, 0.25) is 0 Å². The van der Waals surface area contributed by atoms with E-state index in [9.17, 15) is 8.42 Å². The first-order chi connectivity index (χ1) is 14.8. The first-order valence-electron chi connectivity index (χ1n) is 9.78. The Balaban J connectivity index is 1.91. The third-order valence-electron chi connectivity index (χ3n) is 4.73. The molecule has 0 atom stereocenters. The van der Waals surface area contributed by atoms with Crippen molar-refractivity contribution in [1.82, 2.24) is 5.01 Å². The van der Waals surface area contributed by atoms with Gasteiger partial charge in [0, 0.05) is 25.0 Å². The Bertz CT molecular complexity index is 1340. The van der Waals surface area contributed by atoms with Crippen LogP contribution < -0.4 is 4.72 Å². The highest BCUT2D eigenvalue weighted by Crippen LogP contribution is 2.34. The largest absolute Gasteiger partial charge is 0.452 e. The molecule has 6 nitrogen and oxygen atoms in total. The maximum absolute atomic E-state index is 13.2. The molecule has 0 amide bonds. The molecule has 1 N–H and O–H groups in total. The van der Waals surface area contributed by atoms with Gasteiger partial charge in [-0.15, -0.1) is 0 Å². The lowest BCUT2D eigenvalue weighted by Gasteiger charge is -2.13. The summed E-state index contributed by atoms with van der Waals surface area (Å²) >= 11 is 0. The van der Waals surface area contributed by atoms with E-state index in [-0.39, 0.29) is 4.90 Å². The Morgan fingerprint density at radius 2 is 1.55 bits per heavy atom. The highest BCUT2D eigenvalue weighted by atomic mass is 32.2. The number of nitrogens with zero attached hydrogens (tertiary/aromatic N) is 2. The fourth-order valence-corrected chi connectivity index (χ4v) is 4.34. The summed E-state index contributed by atoms with van der Waals surface area (Å²) in [4.78, 5) is 0.181. The number of hydrogen-bond donors (Lipinski definition) is 1. The predicted octanol–water partition coefficient (Wildman–Crippen LogP) is 4.86. The lowest BCUT2D eigenvalue weighted by Crippen LogP contribution is -2.17. The molecule has 3 aromatic carbocycles. The molecular weight excluding hydrogens is 410 g/mol. The number of anilines is 1. The van der Waals surface area contributed by atoms with E-state index in [0.717, 1.165) is 11.1 Å². The monoisotopic (exact) mass is 433 g/mol. The summed E-state index contributed by atoms with van der Waals surface area (Å²) in [6.45, 7) is 1.91. The van der Waals surface area contributed by atoms with Crippen molar-refractivity contribution in [2.75, 3.05) is 18.8 Å². The number of fused-ring (bicyclic) bond motifs is 1. The maximum atomic E-state index is 13.2. The van der Waals surface area contributed by atoms with Gasteiger partial charge in [0.1, 0.15) is 17.0 Å². The average Bonchev–Trinajstić information content (AvgIpc) is 3.10. The number of hydrogen-bond acceptors (Lipinski definition) is 5. The van der Waals surface area contributed by atoms with Crippen LogP contribution in [-0.2, 0) is 10.0 Å². The third kappa shape index (κ3) is 4.32. The fourth-order valence-electron chi connectivity index (χ4n) is 3.25. The lowest BCUT2D eigenvalue weighted by molar-refractivity contribution is 0.436. The van der Waals surface area contributed by atoms with Crippen molar-refractivity contribution in [3.63, 3.8) is 0 Å². The molecule has 7 heteroatoms. The van der Waals surface area contributed by atoms with Crippen LogP contribution >= 0.6 is 0 Å². The van der Waals surface area contributed by atoms with E-state index in [4.69, 9.17) is 4.42 Å². The van der Waals surface area contributed by atoms with Crippen LogP contribution in [0.3, 0.4) is 0 Å². The number of hydrazone groups is 1. The Labute approximate surface area is 181 Å². The molecule has 1 aromatic heterocycles. The van der Waals surface area contributed by atoms with Gasteiger partial charge in [0.05, 0.1) is 4.90 Å². The second kappa shape index (κ2) is 8.28. The van der Waals surface area contributed by atoms with Gasteiger partial charge < -0.3 is 9.43 Å². The van der Waals surface area contributed by atoms with Crippen LogP contribution in [0.5, 0.6) is 0 Å². The Kier molecular flexibility index (Phi) is 5.52. The Morgan fingerprint density at radius 3 is 2.23 bits per heavy atom. The molecule has 31 heavy (non-hydrogen) atoms. The van der Waals surface area contributed by atoms with Crippen molar-refractivity contribution in [3.05, 3.63) is 95.7 Å². The van der Waals surface area contributed by atoms with Gasteiger partial charge in [-0.1, -0.05) is 60.2 Å². The van der Waals surface area contributed by atoms with Crippen LogP contribution in [-0.4, -0.2) is 33.2 Å². The zero-order chi connectivity index (χ0) is 22.0. The standard InChI is InChI=1S/C24H23N3O3S/c1-17-13-15-19(16-14-17)31(28,29)26-23-20-11-7-8-12-21(20)30-24(23)22(25-27(2)3)18-9-5-4-6-10-18/h4-16,26H,1-3H3/b25-22-. The molecule has 0 saturated heterocycles. The fraction of sp³-hybridized carbons (Fsp3) is 0.125. The van der Waals surface area contributed by atoms with Crippen LogP contribution in [0.25, 0.3) is 11.0 Å². The lowest BCUT2D eigenvalue weighted by atomic mass is 10.1. The summed E-state index contributed by atoms with van der Waals surface area (Å²) in [6.07, 6.45) is 0. The number of benzene rings is 3. The molecule has 0 unspecified atom stereocenters. The van der Waals surface area contributed by atoms with E-state index in [2.05, 4.69) is 9.82 Å². The van der Waals surface area contributed by atoms with Crippen LogP contribution in [0.1, 0.15) is 16.9 Å². The zero-order valence-corrected chi connectivity index (χ0v) is 18.3. The molecule has 0 radical (unpaired) electrons. The summed E-state index contributed by atoms with van der Waals surface area (Å²) in [5, 5.41) is 6.93. The normalized spacial score (nSPS) is 12.2. The van der Waals surface area contributed by atoms with Crippen molar-refractivity contribution in [3.8, 4) is 0 Å². The van der Waals surface area contributed by atoms with Gasteiger partial charge in [-0.05, 0) is 31.2 Å².